The molecule has 4 N–H and O–H groups in total. The number of unbranched alkanes of at least 4 members (excludes halogenated alkanes) is 1. The number of rotatable bonds is 12. The summed E-state index contributed by atoms with van der Waals surface area (Å²) in [5.74, 6) is -0.942. The predicted octanol–water partition coefficient (Wildman–Crippen LogP) is 4.52. The van der Waals surface area contributed by atoms with Crippen molar-refractivity contribution >= 4 is 12.1 Å². The van der Waals surface area contributed by atoms with E-state index < -0.39 is 47.7 Å². The lowest BCUT2D eigenvalue weighted by atomic mass is 9.88. The molecule has 10 unspecified atom stereocenters. The van der Waals surface area contributed by atoms with E-state index in [1.807, 2.05) is 27.7 Å². The van der Waals surface area contributed by atoms with Crippen LogP contribution in [-0.4, -0.2) is 123 Å². The number of aliphatic hydroxyl groups excluding tert-OH is 2. The average molecular weight is 693 g/mol. The van der Waals surface area contributed by atoms with Gasteiger partial charge < -0.3 is 44.4 Å². The van der Waals surface area contributed by atoms with E-state index in [-0.39, 0.29) is 43.3 Å². The van der Waals surface area contributed by atoms with E-state index in [0.717, 1.165) is 38.9 Å². The Balaban J connectivity index is 1.73. The van der Waals surface area contributed by atoms with Crippen molar-refractivity contribution in [3.05, 3.63) is 36.0 Å². The molecule has 0 saturated carbocycles. The van der Waals surface area contributed by atoms with Crippen molar-refractivity contribution in [1.82, 2.24) is 9.80 Å². The number of amides is 1. The highest BCUT2D eigenvalue weighted by Crippen LogP contribution is 2.37. The molecule has 0 spiro atoms. The lowest BCUT2D eigenvalue weighted by Crippen LogP contribution is -2.45. The van der Waals surface area contributed by atoms with Gasteiger partial charge >= 0.3 is 12.1 Å². The van der Waals surface area contributed by atoms with Crippen LogP contribution in [0, 0.1) is 11.8 Å². The highest BCUT2D eigenvalue weighted by molar-refractivity contribution is 5.70. The van der Waals surface area contributed by atoms with Crippen LogP contribution in [-0.2, 0) is 19.0 Å². The van der Waals surface area contributed by atoms with Crippen LogP contribution in [0.3, 0.4) is 0 Å². The molecule has 11 heteroatoms. The summed E-state index contributed by atoms with van der Waals surface area (Å²) in [5.41, 5.74) is -1.93. The molecule has 280 valence electrons. The third kappa shape index (κ3) is 13.1. The van der Waals surface area contributed by atoms with Gasteiger partial charge in [-0.05, 0) is 77.6 Å². The summed E-state index contributed by atoms with van der Waals surface area (Å²) in [6, 6.07) is 0. The summed E-state index contributed by atoms with van der Waals surface area (Å²) in [5, 5.41) is 43.3. The summed E-state index contributed by atoms with van der Waals surface area (Å²) in [4.78, 5) is 30.3. The normalized spacial score (nSPS) is 33.5. The van der Waals surface area contributed by atoms with Crippen molar-refractivity contribution in [3.63, 3.8) is 0 Å². The summed E-state index contributed by atoms with van der Waals surface area (Å²) in [6.07, 6.45) is 8.88. The minimum atomic E-state index is -1.49. The predicted molar refractivity (Wildman–Crippen MR) is 189 cm³/mol. The fourth-order valence-corrected chi connectivity index (χ4v) is 6.74. The zero-order chi connectivity index (χ0) is 36.4. The van der Waals surface area contributed by atoms with Crippen LogP contribution in [0.4, 0.5) is 4.79 Å². The van der Waals surface area contributed by atoms with Crippen LogP contribution < -0.4 is 0 Å². The molecule has 11 nitrogen and oxygen atoms in total. The number of cyclic esters (lactones) is 1. The largest absolute Gasteiger partial charge is 0.457 e. The van der Waals surface area contributed by atoms with Crippen LogP contribution >= 0.6 is 0 Å². The number of allylic oxidation sites excluding steroid dienone is 2. The van der Waals surface area contributed by atoms with E-state index in [2.05, 4.69) is 11.8 Å². The first kappa shape index (κ1) is 41.1. The summed E-state index contributed by atoms with van der Waals surface area (Å²) < 4.78 is 17.6. The Hall–Kier alpha value is -2.28. The highest BCUT2D eigenvalue weighted by Gasteiger charge is 2.47. The first-order valence-corrected chi connectivity index (χ1v) is 18.4. The first-order valence-electron chi connectivity index (χ1n) is 18.4. The maximum Gasteiger partial charge on any atom is 0.410 e. The first-order chi connectivity index (χ1) is 23.1. The minimum absolute atomic E-state index is 0.0109. The number of esters is 1. The van der Waals surface area contributed by atoms with Gasteiger partial charge in [0.15, 0.2) is 6.10 Å². The maximum atomic E-state index is 13.4. The van der Waals surface area contributed by atoms with Gasteiger partial charge in [0.25, 0.3) is 0 Å². The van der Waals surface area contributed by atoms with Gasteiger partial charge in [-0.15, -0.1) is 0 Å². The highest BCUT2D eigenvalue weighted by atomic mass is 16.6. The monoisotopic (exact) mass is 692 g/mol. The van der Waals surface area contributed by atoms with Gasteiger partial charge in [0, 0.05) is 37.9 Å². The molecule has 49 heavy (non-hydrogen) atoms. The van der Waals surface area contributed by atoms with E-state index in [1.165, 1.54) is 0 Å². The minimum Gasteiger partial charge on any atom is -0.457 e. The smallest absolute Gasteiger partial charge is 0.410 e. The van der Waals surface area contributed by atoms with Gasteiger partial charge in [0.05, 0.1) is 36.4 Å². The lowest BCUT2D eigenvalue weighted by Gasteiger charge is -2.34. The van der Waals surface area contributed by atoms with Crippen molar-refractivity contribution in [2.24, 2.45) is 11.8 Å². The topological polar surface area (TPSA) is 153 Å². The average Bonchev–Trinajstić information content (AvgIpc) is 3.84. The maximum absolute atomic E-state index is 13.4. The summed E-state index contributed by atoms with van der Waals surface area (Å²) in [7, 11) is 0. The number of hydrogen-bond acceptors (Lipinski definition) is 10. The molecule has 0 aliphatic carbocycles. The van der Waals surface area contributed by atoms with Crippen molar-refractivity contribution < 1.29 is 44.2 Å². The second-order valence-electron chi connectivity index (χ2n) is 15.1. The van der Waals surface area contributed by atoms with Gasteiger partial charge in [0.2, 0.25) is 0 Å². The standard InChI is InChI=1S/C38H64N2O9/c1-8-10-19-39-20-12-21-40(23-22-39)36(44)48-32-15-14-27(4)34(49-33(43)24-29(41)16-18-38(32,7)46)26(3)13-11-17-37(6,45)25-31-35(47-31)28(5)30(42)9-2/h11,13-15,17,27-32,34-35,41-42,45-46H,8-10,12,16,18-25H2,1-7H3. The SMILES string of the molecule is CCCCN1CCCN(C(=O)OC2C=CC(C)C(C(C)=CC=CC(C)(O)CC3OC3C(C)C(O)CC)OC(=O)CC(O)CCC2(C)O)CC1. The Morgan fingerprint density at radius 3 is 2.65 bits per heavy atom. The Kier molecular flexibility index (Phi) is 15.8. The second kappa shape index (κ2) is 18.8. The van der Waals surface area contributed by atoms with E-state index in [9.17, 15) is 30.0 Å². The van der Waals surface area contributed by atoms with Gasteiger partial charge in [-0.25, -0.2) is 4.79 Å². The molecule has 3 rings (SSSR count). The van der Waals surface area contributed by atoms with Gasteiger partial charge in [0.1, 0.15) is 11.7 Å². The second-order valence-corrected chi connectivity index (χ2v) is 15.1. The molecule has 2 fully saturated rings. The van der Waals surface area contributed by atoms with E-state index in [0.29, 0.717) is 31.5 Å². The Morgan fingerprint density at radius 2 is 1.96 bits per heavy atom. The van der Waals surface area contributed by atoms with Crippen LogP contribution in [0.2, 0.25) is 0 Å². The molecule has 0 aromatic carbocycles. The van der Waals surface area contributed by atoms with Crippen molar-refractivity contribution in [1.29, 1.82) is 0 Å². The molecule has 0 aromatic rings. The number of nitrogens with zero attached hydrogens (tertiary/aromatic N) is 2. The summed E-state index contributed by atoms with van der Waals surface area (Å²) >= 11 is 0. The third-order valence-corrected chi connectivity index (χ3v) is 10.3. The molecule has 3 heterocycles. The molecule has 2 saturated heterocycles. The van der Waals surface area contributed by atoms with E-state index in [4.69, 9.17) is 14.2 Å². The van der Waals surface area contributed by atoms with E-state index >= 15 is 0 Å². The number of hydrogen-bond donors (Lipinski definition) is 4. The van der Waals surface area contributed by atoms with Gasteiger partial charge in [-0.2, -0.15) is 0 Å². The Morgan fingerprint density at radius 1 is 1.22 bits per heavy atom. The van der Waals surface area contributed by atoms with Gasteiger partial charge in [-0.1, -0.05) is 58.4 Å². The number of carbonyl (C=O) groups is 2. The molecular weight excluding hydrogens is 628 g/mol. The number of carbonyl (C=O) groups excluding carboxylic acids is 2. The van der Waals surface area contributed by atoms with Crippen molar-refractivity contribution in [2.45, 2.75) is 148 Å². The summed E-state index contributed by atoms with van der Waals surface area (Å²) in [6.45, 7) is 16.9. The molecule has 10 atom stereocenters. The quantitative estimate of drug-likeness (QED) is 0.0995. The van der Waals surface area contributed by atoms with Crippen molar-refractivity contribution in [2.75, 3.05) is 32.7 Å². The number of epoxide rings is 1. The molecule has 1 amide bonds. The Labute approximate surface area is 294 Å². The van der Waals surface area contributed by atoms with Crippen LogP contribution in [0.25, 0.3) is 0 Å². The van der Waals surface area contributed by atoms with Gasteiger partial charge in [-0.3, -0.25) is 4.79 Å². The molecule has 0 bridgehead atoms. The molecular formula is C38H64N2O9. The number of aliphatic hydroxyl groups is 4. The fourth-order valence-electron chi connectivity index (χ4n) is 6.74. The van der Waals surface area contributed by atoms with Crippen LogP contribution in [0.1, 0.15) is 99.8 Å². The van der Waals surface area contributed by atoms with Crippen molar-refractivity contribution in [3.8, 4) is 0 Å². The Bertz CT molecular complexity index is 1150. The zero-order valence-corrected chi connectivity index (χ0v) is 30.9. The van der Waals surface area contributed by atoms with Crippen LogP contribution in [0.15, 0.2) is 36.0 Å². The lowest BCUT2D eigenvalue weighted by molar-refractivity contribution is -0.151. The van der Waals surface area contributed by atoms with E-state index in [1.54, 1.807) is 49.1 Å². The fraction of sp³-hybridized carbons (Fsp3) is 0.789. The molecule has 3 aliphatic heterocycles. The molecule has 3 aliphatic rings. The van der Waals surface area contributed by atoms with Crippen LogP contribution in [0.5, 0.6) is 0 Å². The molecule has 0 radical (unpaired) electrons. The zero-order valence-electron chi connectivity index (χ0n) is 30.9. The molecule has 0 aromatic heterocycles. The number of ether oxygens (including phenoxy) is 3. The third-order valence-electron chi connectivity index (χ3n) is 10.3.